The summed E-state index contributed by atoms with van der Waals surface area (Å²) >= 11 is 12.2. The third kappa shape index (κ3) is 4.50. The number of benzene rings is 2. The number of hydrogen-bond acceptors (Lipinski definition) is 6. The predicted octanol–water partition coefficient (Wildman–Crippen LogP) is 4.58. The van der Waals surface area contributed by atoms with Crippen molar-refractivity contribution in [2.45, 2.75) is 38.3 Å². The first-order valence-electron chi connectivity index (χ1n) is 11.4. The van der Waals surface area contributed by atoms with Crippen LogP contribution in [0.25, 0.3) is 11.2 Å². The average Bonchev–Trinajstić information content (AvgIpc) is 3.47. The normalized spacial score (nSPS) is 18.9. The van der Waals surface area contributed by atoms with Gasteiger partial charge in [-0.15, -0.1) is 0 Å². The van der Waals surface area contributed by atoms with Gasteiger partial charge in [0.05, 0.1) is 19.5 Å². The van der Waals surface area contributed by atoms with Crippen molar-refractivity contribution in [3.05, 3.63) is 77.4 Å². The number of halogens is 2. The molecular weight excluding hydrogens is 503 g/mol. The summed E-state index contributed by atoms with van der Waals surface area (Å²) in [6.45, 7) is 7.32. The van der Waals surface area contributed by atoms with Gasteiger partial charge in [0.15, 0.2) is 23.3 Å². The van der Waals surface area contributed by atoms with Gasteiger partial charge in [-0.3, -0.25) is 4.57 Å². The molecule has 2 aromatic carbocycles. The van der Waals surface area contributed by atoms with E-state index in [9.17, 15) is 0 Å². The fraction of sp³-hybridized carbons (Fsp3) is 0.320. The van der Waals surface area contributed by atoms with Crippen molar-refractivity contribution >= 4 is 53.1 Å². The maximum atomic E-state index is 6.94. The monoisotopic (exact) mass is 528 g/mol. The van der Waals surface area contributed by atoms with Crippen LogP contribution in [0.1, 0.15) is 27.0 Å². The van der Waals surface area contributed by atoms with Crippen LogP contribution in [0.15, 0.2) is 67.0 Å². The second-order valence-corrected chi connectivity index (χ2v) is 14.4. The molecule has 4 aromatic rings. The van der Waals surface area contributed by atoms with Crippen molar-refractivity contribution in [2.24, 2.45) is 0 Å². The highest BCUT2D eigenvalue weighted by Crippen LogP contribution is 2.37. The first-order chi connectivity index (χ1) is 16.8. The van der Waals surface area contributed by atoms with E-state index < -0.39 is 20.8 Å². The first kappa shape index (κ1) is 24.4. The van der Waals surface area contributed by atoms with Gasteiger partial charge in [-0.25, -0.2) is 9.97 Å². The minimum absolute atomic E-state index is 0.0507. The molecule has 7 nitrogen and oxygen atoms in total. The second-order valence-electron chi connectivity index (χ2n) is 9.44. The van der Waals surface area contributed by atoms with Crippen LogP contribution in [0.2, 0.25) is 15.5 Å². The van der Waals surface area contributed by atoms with Crippen molar-refractivity contribution in [1.29, 1.82) is 0 Å². The Hall–Kier alpha value is -2.33. The van der Waals surface area contributed by atoms with Gasteiger partial charge < -0.3 is 13.9 Å². The largest absolute Gasteiger partial charge is 0.402 e. The number of nitrogens with zero attached hydrogens (tertiary/aromatic N) is 4. The van der Waals surface area contributed by atoms with Crippen molar-refractivity contribution in [1.82, 2.24) is 19.5 Å². The van der Waals surface area contributed by atoms with Crippen LogP contribution in [-0.2, 0) is 13.9 Å². The van der Waals surface area contributed by atoms with Gasteiger partial charge >= 0.3 is 0 Å². The highest BCUT2D eigenvalue weighted by atomic mass is 35.5. The number of hydrogen-bond donors (Lipinski definition) is 0. The lowest BCUT2D eigenvalue weighted by Crippen LogP contribution is -2.67. The summed E-state index contributed by atoms with van der Waals surface area (Å²) in [7, 11) is -2.70. The van der Waals surface area contributed by atoms with Crippen molar-refractivity contribution in [2.75, 3.05) is 13.2 Å². The zero-order valence-corrected chi connectivity index (χ0v) is 22.2. The molecule has 3 heterocycles. The molecule has 0 bridgehead atoms. The molecule has 1 saturated heterocycles. The van der Waals surface area contributed by atoms with Crippen molar-refractivity contribution in [3.63, 3.8) is 0 Å². The lowest BCUT2D eigenvalue weighted by atomic mass is 10.2. The van der Waals surface area contributed by atoms with Gasteiger partial charge in [-0.05, 0) is 27.0 Å². The van der Waals surface area contributed by atoms with E-state index in [1.807, 2.05) is 12.1 Å². The minimum Gasteiger partial charge on any atom is -0.402 e. The van der Waals surface area contributed by atoms with E-state index in [4.69, 9.17) is 37.1 Å². The Balaban J connectivity index is 1.42. The number of rotatable bonds is 6. The molecule has 10 heteroatoms. The molecule has 35 heavy (non-hydrogen) atoms. The summed E-state index contributed by atoms with van der Waals surface area (Å²) in [6, 6.07) is 21.0. The number of fused-ring (bicyclic) bond motifs is 1. The Labute approximate surface area is 215 Å². The SMILES string of the molecule is CC(C)(C)[Si](OC[C@@H]1OC[C@@H](n2cnc3c(Cl)nc(Cl)nc32)O1)(c1ccccc1)c1ccccc1. The fourth-order valence-corrected chi connectivity index (χ4v) is 9.66. The molecule has 1 aliphatic heterocycles. The average molecular weight is 530 g/mol. The fourth-order valence-electron chi connectivity index (χ4n) is 4.70. The van der Waals surface area contributed by atoms with Gasteiger partial charge in [0.1, 0.15) is 5.52 Å². The summed E-state index contributed by atoms with van der Waals surface area (Å²) in [6.07, 6.45) is 0.627. The maximum Gasteiger partial charge on any atom is 0.261 e. The van der Waals surface area contributed by atoms with E-state index in [1.165, 1.54) is 10.4 Å². The topological polar surface area (TPSA) is 71.3 Å². The Kier molecular flexibility index (Phi) is 6.69. The molecule has 0 spiro atoms. The Morgan fingerprint density at radius 3 is 2.23 bits per heavy atom. The molecule has 0 aliphatic carbocycles. The predicted molar refractivity (Wildman–Crippen MR) is 139 cm³/mol. The standard InChI is InChI=1S/C25H26Cl2N4O3Si/c1-25(2,3)35(17-10-6-4-7-11-17,18-12-8-5-9-13-18)33-15-20-32-14-19(34-20)31-16-28-21-22(26)29-24(27)30-23(21)31/h4-13,16,19-20H,14-15H2,1-3H3/t19-,20+/m0/s1. The smallest absolute Gasteiger partial charge is 0.261 e. The van der Waals surface area contributed by atoms with Gasteiger partial charge in [0.2, 0.25) is 5.28 Å². The molecule has 0 saturated carbocycles. The summed E-state index contributed by atoms with van der Waals surface area (Å²) in [4.78, 5) is 12.5. The zero-order chi connectivity index (χ0) is 24.6. The van der Waals surface area contributed by atoms with Gasteiger partial charge in [0.25, 0.3) is 8.32 Å². The number of imidazole rings is 1. The van der Waals surface area contributed by atoms with Crippen LogP contribution in [-0.4, -0.2) is 47.3 Å². The highest BCUT2D eigenvalue weighted by molar-refractivity contribution is 6.99. The number of aromatic nitrogens is 4. The van der Waals surface area contributed by atoms with Gasteiger partial charge in [-0.1, -0.05) is 93.0 Å². The first-order valence-corrected chi connectivity index (χ1v) is 14.0. The van der Waals surface area contributed by atoms with E-state index in [0.29, 0.717) is 17.8 Å². The molecule has 5 rings (SSSR count). The summed E-state index contributed by atoms with van der Waals surface area (Å²) in [5.74, 6) is 0. The van der Waals surface area contributed by atoms with Gasteiger partial charge in [0, 0.05) is 0 Å². The van der Waals surface area contributed by atoms with Crippen molar-refractivity contribution in [3.8, 4) is 0 Å². The maximum absolute atomic E-state index is 6.94. The molecule has 0 N–H and O–H groups in total. The second kappa shape index (κ2) is 9.61. The Morgan fingerprint density at radius 1 is 1.00 bits per heavy atom. The Morgan fingerprint density at radius 2 is 1.63 bits per heavy atom. The third-order valence-electron chi connectivity index (χ3n) is 6.25. The minimum atomic E-state index is -2.70. The molecule has 0 radical (unpaired) electrons. The molecule has 0 unspecified atom stereocenters. The quantitative estimate of drug-likeness (QED) is 0.207. The lowest BCUT2D eigenvalue weighted by Gasteiger charge is -2.43. The van der Waals surface area contributed by atoms with E-state index in [0.717, 1.165) is 0 Å². The van der Waals surface area contributed by atoms with Crippen LogP contribution in [0.3, 0.4) is 0 Å². The molecule has 2 atom stereocenters. The van der Waals surface area contributed by atoms with E-state index in [2.05, 4.69) is 84.3 Å². The van der Waals surface area contributed by atoms with E-state index in [1.54, 1.807) is 10.9 Å². The lowest BCUT2D eigenvalue weighted by molar-refractivity contribution is -0.0943. The van der Waals surface area contributed by atoms with Gasteiger partial charge in [-0.2, -0.15) is 4.98 Å². The summed E-state index contributed by atoms with van der Waals surface area (Å²) in [5, 5.41) is 2.52. The van der Waals surface area contributed by atoms with E-state index >= 15 is 0 Å². The molecule has 0 amide bonds. The molecule has 182 valence electrons. The van der Waals surface area contributed by atoms with Crippen LogP contribution in [0, 0.1) is 0 Å². The third-order valence-corrected chi connectivity index (χ3v) is 11.7. The summed E-state index contributed by atoms with van der Waals surface area (Å²) in [5.41, 5.74) is 0.962. The van der Waals surface area contributed by atoms with E-state index in [-0.39, 0.29) is 22.1 Å². The summed E-state index contributed by atoms with van der Waals surface area (Å²) < 4.78 is 20.9. The zero-order valence-electron chi connectivity index (χ0n) is 19.7. The van der Waals surface area contributed by atoms with Crippen LogP contribution in [0.5, 0.6) is 0 Å². The highest BCUT2D eigenvalue weighted by Gasteiger charge is 2.50. The molecule has 1 fully saturated rings. The molecule has 2 aromatic heterocycles. The van der Waals surface area contributed by atoms with Crippen LogP contribution in [0.4, 0.5) is 0 Å². The Bertz CT molecular complexity index is 1280. The molecule has 1 aliphatic rings. The number of ether oxygens (including phenoxy) is 2. The molecular formula is C25H26Cl2N4O3Si. The van der Waals surface area contributed by atoms with Crippen LogP contribution < -0.4 is 10.4 Å². The van der Waals surface area contributed by atoms with Crippen molar-refractivity contribution < 1.29 is 13.9 Å². The van der Waals surface area contributed by atoms with Crippen LogP contribution >= 0.6 is 23.2 Å².